The van der Waals surface area contributed by atoms with Gasteiger partial charge >= 0.3 is 5.97 Å². The van der Waals surface area contributed by atoms with Crippen LogP contribution in [0.25, 0.3) is 0 Å². The zero-order chi connectivity index (χ0) is 19.8. The molecule has 0 heterocycles. The standard InChI is InChI=1S/C19H36O7/c1-3-4-5-6-7-8-9-10-11-12-17(23)26-19(16(14-21)25-2)18(24)15(22)13-20/h14-16,18-20,22,24H,3-13H2,1-2H3/t15-,16+,18-,19-/m1/s1. The second-order valence-electron chi connectivity index (χ2n) is 6.61. The highest BCUT2D eigenvalue weighted by atomic mass is 16.6. The lowest BCUT2D eigenvalue weighted by Gasteiger charge is -2.28. The first kappa shape index (κ1) is 25.0. The van der Waals surface area contributed by atoms with Crippen molar-refractivity contribution in [2.45, 2.75) is 95.5 Å². The molecule has 0 aromatic rings. The van der Waals surface area contributed by atoms with E-state index in [4.69, 9.17) is 14.6 Å². The molecular formula is C19H36O7. The van der Waals surface area contributed by atoms with Crippen LogP contribution >= 0.6 is 0 Å². The predicted molar refractivity (Wildman–Crippen MR) is 97.7 cm³/mol. The quantitative estimate of drug-likeness (QED) is 0.201. The van der Waals surface area contributed by atoms with Crippen molar-refractivity contribution in [3.63, 3.8) is 0 Å². The summed E-state index contributed by atoms with van der Waals surface area (Å²) in [6.45, 7) is 1.47. The summed E-state index contributed by atoms with van der Waals surface area (Å²) in [5, 5.41) is 28.4. The third kappa shape index (κ3) is 10.9. The van der Waals surface area contributed by atoms with E-state index < -0.39 is 37.0 Å². The van der Waals surface area contributed by atoms with Crippen LogP contribution in [0, 0.1) is 0 Å². The Morgan fingerprint density at radius 3 is 2.00 bits per heavy atom. The Kier molecular flexibility index (Phi) is 15.5. The molecule has 154 valence electrons. The Hall–Kier alpha value is -1.02. The van der Waals surface area contributed by atoms with E-state index in [1.807, 2.05) is 0 Å². The zero-order valence-corrected chi connectivity index (χ0v) is 16.1. The largest absolute Gasteiger partial charge is 0.456 e. The van der Waals surface area contributed by atoms with Gasteiger partial charge in [0.15, 0.2) is 18.5 Å². The van der Waals surface area contributed by atoms with Crippen LogP contribution < -0.4 is 0 Å². The van der Waals surface area contributed by atoms with E-state index >= 15 is 0 Å². The smallest absolute Gasteiger partial charge is 0.306 e. The van der Waals surface area contributed by atoms with Crippen molar-refractivity contribution in [3.05, 3.63) is 0 Å². The van der Waals surface area contributed by atoms with Gasteiger partial charge in [-0.3, -0.25) is 4.79 Å². The van der Waals surface area contributed by atoms with E-state index in [-0.39, 0.29) is 6.42 Å². The minimum Gasteiger partial charge on any atom is -0.456 e. The van der Waals surface area contributed by atoms with E-state index in [9.17, 15) is 19.8 Å². The van der Waals surface area contributed by atoms with Crippen LogP contribution in [0.4, 0.5) is 0 Å². The molecule has 0 aromatic carbocycles. The average Bonchev–Trinajstić information content (AvgIpc) is 2.65. The van der Waals surface area contributed by atoms with Gasteiger partial charge in [-0.25, -0.2) is 0 Å². The number of esters is 1. The van der Waals surface area contributed by atoms with Crippen LogP contribution in [0.1, 0.15) is 71.1 Å². The first-order valence-electron chi connectivity index (χ1n) is 9.66. The number of hydrogen-bond acceptors (Lipinski definition) is 7. The number of rotatable bonds is 17. The van der Waals surface area contributed by atoms with E-state index in [0.29, 0.717) is 12.7 Å². The van der Waals surface area contributed by atoms with Crippen molar-refractivity contribution in [1.82, 2.24) is 0 Å². The molecule has 0 radical (unpaired) electrons. The molecule has 0 bridgehead atoms. The minimum absolute atomic E-state index is 0.170. The van der Waals surface area contributed by atoms with Crippen molar-refractivity contribution < 1.29 is 34.4 Å². The van der Waals surface area contributed by atoms with Gasteiger partial charge < -0.3 is 29.6 Å². The van der Waals surface area contributed by atoms with Crippen molar-refractivity contribution in [2.24, 2.45) is 0 Å². The molecule has 7 heteroatoms. The summed E-state index contributed by atoms with van der Waals surface area (Å²) in [6, 6.07) is 0. The fraction of sp³-hybridized carbons (Fsp3) is 0.895. The summed E-state index contributed by atoms with van der Waals surface area (Å²) < 4.78 is 10.0. The number of aliphatic hydroxyl groups excluding tert-OH is 3. The summed E-state index contributed by atoms with van der Waals surface area (Å²) in [4.78, 5) is 23.0. The van der Waals surface area contributed by atoms with Crippen LogP contribution in [0.5, 0.6) is 0 Å². The normalized spacial score (nSPS) is 15.9. The second-order valence-corrected chi connectivity index (χ2v) is 6.61. The Balaban J connectivity index is 4.15. The maximum Gasteiger partial charge on any atom is 0.306 e. The highest BCUT2D eigenvalue weighted by molar-refractivity contribution is 5.70. The molecule has 0 amide bonds. The minimum atomic E-state index is -1.61. The van der Waals surface area contributed by atoms with Crippen LogP contribution in [-0.2, 0) is 19.1 Å². The average molecular weight is 376 g/mol. The molecule has 0 aliphatic heterocycles. The number of carbonyl (C=O) groups excluding carboxylic acids is 2. The first-order valence-corrected chi connectivity index (χ1v) is 9.66. The van der Waals surface area contributed by atoms with Crippen LogP contribution in [-0.4, -0.2) is 65.7 Å². The fourth-order valence-corrected chi connectivity index (χ4v) is 2.72. The van der Waals surface area contributed by atoms with Crippen molar-refractivity contribution in [1.29, 1.82) is 0 Å². The van der Waals surface area contributed by atoms with Gasteiger partial charge in [0, 0.05) is 13.5 Å². The summed E-state index contributed by atoms with van der Waals surface area (Å²) >= 11 is 0. The van der Waals surface area contributed by atoms with Crippen molar-refractivity contribution in [2.75, 3.05) is 13.7 Å². The summed E-state index contributed by atoms with van der Waals surface area (Å²) in [7, 11) is 1.23. The summed E-state index contributed by atoms with van der Waals surface area (Å²) in [5.41, 5.74) is 0. The van der Waals surface area contributed by atoms with Gasteiger partial charge in [0.2, 0.25) is 0 Å². The molecule has 0 spiro atoms. The van der Waals surface area contributed by atoms with Crippen LogP contribution in [0.2, 0.25) is 0 Å². The van der Waals surface area contributed by atoms with Gasteiger partial charge in [-0.15, -0.1) is 0 Å². The third-order valence-corrected chi connectivity index (χ3v) is 4.40. The summed E-state index contributed by atoms with van der Waals surface area (Å²) in [6.07, 6.45) is 4.92. The molecule has 0 saturated carbocycles. The predicted octanol–water partition coefficient (Wildman–Crippen LogP) is 1.75. The number of aldehydes is 1. The van der Waals surface area contributed by atoms with E-state index in [2.05, 4.69) is 6.92 Å². The molecule has 26 heavy (non-hydrogen) atoms. The molecule has 4 atom stereocenters. The van der Waals surface area contributed by atoms with Crippen LogP contribution in [0.3, 0.4) is 0 Å². The molecule has 0 saturated heterocycles. The maximum absolute atomic E-state index is 12.0. The van der Waals surface area contributed by atoms with Gasteiger partial charge in [0.25, 0.3) is 0 Å². The number of unbranched alkanes of at least 4 members (excludes halogenated alkanes) is 8. The van der Waals surface area contributed by atoms with Gasteiger partial charge in [-0.1, -0.05) is 58.3 Å². The lowest BCUT2D eigenvalue weighted by molar-refractivity contribution is -0.176. The second kappa shape index (κ2) is 16.2. The first-order chi connectivity index (χ1) is 12.5. The van der Waals surface area contributed by atoms with Gasteiger partial charge in [-0.05, 0) is 6.42 Å². The van der Waals surface area contributed by atoms with Crippen LogP contribution in [0.15, 0.2) is 0 Å². The van der Waals surface area contributed by atoms with Gasteiger partial charge in [0.05, 0.1) is 6.61 Å². The Morgan fingerprint density at radius 1 is 1.00 bits per heavy atom. The number of hydrogen-bond donors (Lipinski definition) is 3. The SMILES string of the molecule is CCCCCCCCCCCC(=O)O[C@@H]([C@H](O)[C@H](O)CO)[C@H](C=O)OC. The third-order valence-electron chi connectivity index (χ3n) is 4.40. The highest BCUT2D eigenvalue weighted by Gasteiger charge is 2.36. The van der Waals surface area contributed by atoms with Crippen molar-refractivity contribution >= 4 is 12.3 Å². The number of ether oxygens (including phenoxy) is 2. The van der Waals surface area contributed by atoms with E-state index in [0.717, 1.165) is 19.3 Å². The Labute approximate surface area is 156 Å². The summed E-state index contributed by atoms with van der Waals surface area (Å²) in [5.74, 6) is -0.564. The molecule has 3 N–H and O–H groups in total. The van der Waals surface area contributed by atoms with Gasteiger partial charge in [0.1, 0.15) is 12.2 Å². The lowest BCUT2D eigenvalue weighted by atomic mass is 10.0. The fourth-order valence-electron chi connectivity index (χ4n) is 2.72. The van der Waals surface area contributed by atoms with Gasteiger partial charge in [-0.2, -0.15) is 0 Å². The molecule has 0 unspecified atom stereocenters. The van der Waals surface area contributed by atoms with Crippen molar-refractivity contribution in [3.8, 4) is 0 Å². The number of methoxy groups -OCH3 is 1. The molecule has 0 aliphatic rings. The maximum atomic E-state index is 12.0. The molecule has 0 rings (SSSR count). The number of aliphatic hydroxyl groups is 3. The number of carbonyl (C=O) groups is 2. The molecule has 0 aromatic heterocycles. The lowest BCUT2D eigenvalue weighted by Crippen LogP contribution is -2.49. The van der Waals surface area contributed by atoms with E-state index in [1.54, 1.807) is 0 Å². The zero-order valence-electron chi connectivity index (χ0n) is 16.1. The van der Waals surface area contributed by atoms with E-state index in [1.165, 1.54) is 39.2 Å². The molecule has 0 aliphatic carbocycles. The molecule has 7 nitrogen and oxygen atoms in total. The highest BCUT2D eigenvalue weighted by Crippen LogP contribution is 2.14. The Morgan fingerprint density at radius 2 is 1.54 bits per heavy atom. The topological polar surface area (TPSA) is 113 Å². The molecular weight excluding hydrogens is 340 g/mol. The Bertz CT molecular complexity index is 362. The molecule has 0 fully saturated rings. The monoisotopic (exact) mass is 376 g/mol.